The number of aliphatic hydroxyl groups excluding tert-OH is 1. The molecule has 14 heavy (non-hydrogen) atoms. The molecule has 0 aliphatic carbocycles. The molecule has 0 fully saturated rings. The summed E-state index contributed by atoms with van der Waals surface area (Å²) in [6.45, 7) is 1.87. The van der Waals surface area contributed by atoms with Crippen LogP contribution in [0.2, 0.25) is 0 Å². The van der Waals surface area contributed by atoms with Crippen LogP contribution in [0.15, 0.2) is 0 Å². The lowest BCUT2D eigenvalue weighted by molar-refractivity contribution is 0.180. The van der Waals surface area contributed by atoms with Crippen LogP contribution in [0.3, 0.4) is 0 Å². The molecular formula is C12H26OS. The maximum absolute atomic E-state index is 9.04. The molecule has 1 unspecified atom stereocenters. The van der Waals surface area contributed by atoms with Crippen molar-refractivity contribution in [2.75, 3.05) is 5.75 Å². The second-order valence-corrected chi connectivity index (χ2v) is 4.64. The van der Waals surface area contributed by atoms with Crippen molar-refractivity contribution < 1.29 is 5.11 Å². The first-order chi connectivity index (χ1) is 6.77. The molecule has 0 radical (unpaired) electrons. The zero-order chi connectivity index (χ0) is 10.6. The highest BCUT2D eigenvalue weighted by Crippen LogP contribution is 2.10. The Kier molecular flexibility index (Phi) is 11.6. The molecule has 86 valence electrons. The van der Waals surface area contributed by atoms with Crippen molar-refractivity contribution in [1.82, 2.24) is 0 Å². The molecule has 0 saturated heterocycles. The number of hydrogen-bond donors (Lipinski definition) is 2. The minimum atomic E-state index is -0.106. The van der Waals surface area contributed by atoms with E-state index in [0.29, 0.717) is 0 Å². The van der Waals surface area contributed by atoms with Crippen molar-refractivity contribution in [2.24, 2.45) is 0 Å². The third kappa shape index (κ3) is 12.3. The average molecular weight is 218 g/mol. The van der Waals surface area contributed by atoms with Crippen molar-refractivity contribution in [3.63, 3.8) is 0 Å². The average Bonchev–Trinajstić information content (AvgIpc) is 2.15. The lowest BCUT2D eigenvalue weighted by atomic mass is 10.1. The van der Waals surface area contributed by atoms with Crippen LogP contribution in [0.4, 0.5) is 0 Å². The highest BCUT2D eigenvalue weighted by atomic mass is 32.1. The minimum absolute atomic E-state index is 0.106. The smallest absolute Gasteiger partial charge is 0.0512 e. The first kappa shape index (κ1) is 14.3. The molecule has 0 spiro atoms. The van der Waals surface area contributed by atoms with Crippen LogP contribution in [0, 0.1) is 0 Å². The van der Waals surface area contributed by atoms with Crippen molar-refractivity contribution >= 4 is 12.6 Å². The number of rotatable bonds is 10. The molecule has 2 heteroatoms. The van der Waals surface area contributed by atoms with Gasteiger partial charge in [-0.25, -0.2) is 0 Å². The summed E-state index contributed by atoms with van der Waals surface area (Å²) >= 11 is 4.19. The quantitative estimate of drug-likeness (QED) is 0.422. The number of thiol groups is 1. The van der Waals surface area contributed by atoms with E-state index >= 15 is 0 Å². The van der Waals surface area contributed by atoms with Gasteiger partial charge in [-0.15, -0.1) is 0 Å². The molecule has 1 atom stereocenters. The number of unbranched alkanes of at least 4 members (excludes halogenated alkanes) is 7. The third-order valence-corrected chi connectivity index (χ3v) is 2.85. The first-order valence-electron chi connectivity index (χ1n) is 6.06. The summed E-state index contributed by atoms with van der Waals surface area (Å²) in [6, 6.07) is 0. The van der Waals surface area contributed by atoms with Crippen LogP contribution in [0.25, 0.3) is 0 Å². The van der Waals surface area contributed by atoms with Gasteiger partial charge in [0.25, 0.3) is 0 Å². The molecule has 0 aliphatic rings. The summed E-state index contributed by atoms with van der Waals surface area (Å²) in [4.78, 5) is 0. The van der Waals surface area contributed by atoms with E-state index in [1.165, 1.54) is 51.4 Å². The molecule has 0 aromatic rings. The maximum atomic E-state index is 9.04. The molecule has 0 aromatic carbocycles. The predicted octanol–water partition coefficient (Wildman–Crippen LogP) is 3.81. The normalized spacial score (nSPS) is 13.1. The molecule has 1 N–H and O–H groups in total. The van der Waals surface area contributed by atoms with Gasteiger partial charge in [0.1, 0.15) is 0 Å². The van der Waals surface area contributed by atoms with Gasteiger partial charge in [-0.05, 0) is 25.5 Å². The molecule has 0 aromatic heterocycles. The molecule has 0 heterocycles. The topological polar surface area (TPSA) is 20.2 Å². The van der Waals surface area contributed by atoms with Crippen LogP contribution in [-0.2, 0) is 0 Å². The van der Waals surface area contributed by atoms with E-state index in [1.54, 1.807) is 0 Å². The largest absolute Gasteiger partial charge is 0.393 e. The lowest BCUT2D eigenvalue weighted by Crippen LogP contribution is -1.98. The molecule has 0 amide bonds. The summed E-state index contributed by atoms with van der Waals surface area (Å²) < 4.78 is 0. The van der Waals surface area contributed by atoms with Crippen LogP contribution in [-0.4, -0.2) is 17.0 Å². The lowest BCUT2D eigenvalue weighted by Gasteiger charge is -2.03. The Morgan fingerprint density at radius 3 is 1.71 bits per heavy atom. The van der Waals surface area contributed by atoms with E-state index in [1.807, 2.05) is 6.92 Å². The highest BCUT2D eigenvalue weighted by Gasteiger charge is 1.95. The summed E-state index contributed by atoms with van der Waals surface area (Å²) in [5.74, 6) is 1.04. The van der Waals surface area contributed by atoms with Gasteiger partial charge >= 0.3 is 0 Å². The van der Waals surface area contributed by atoms with E-state index < -0.39 is 0 Å². The van der Waals surface area contributed by atoms with Crippen molar-refractivity contribution in [3.05, 3.63) is 0 Å². The Bertz CT molecular complexity index is 104. The molecule has 1 nitrogen and oxygen atoms in total. The zero-order valence-corrected chi connectivity index (χ0v) is 10.4. The standard InChI is InChI=1S/C12H26OS/c1-12(13)10-8-6-4-2-3-5-7-9-11-14/h12-14H,2-11H2,1H3. The van der Waals surface area contributed by atoms with Crippen LogP contribution in [0.5, 0.6) is 0 Å². The third-order valence-electron chi connectivity index (χ3n) is 2.53. The van der Waals surface area contributed by atoms with Crippen molar-refractivity contribution in [1.29, 1.82) is 0 Å². The van der Waals surface area contributed by atoms with Gasteiger partial charge < -0.3 is 5.11 Å². The zero-order valence-electron chi connectivity index (χ0n) is 9.54. The van der Waals surface area contributed by atoms with Gasteiger partial charge in [0.15, 0.2) is 0 Å². The number of aliphatic hydroxyl groups is 1. The van der Waals surface area contributed by atoms with Crippen molar-refractivity contribution in [2.45, 2.75) is 70.8 Å². The van der Waals surface area contributed by atoms with Crippen LogP contribution >= 0.6 is 12.6 Å². The van der Waals surface area contributed by atoms with Gasteiger partial charge in [0.2, 0.25) is 0 Å². The fourth-order valence-corrected chi connectivity index (χ4v) is 1.84. The predicted molar refractivity (Wildman–Crippen MR) is 67.1 cm³/mol. The first-order valence-corrected chi connectivity index (χ1v) is 6.69. The fourth-order valence-electron chi connectivity index (χ4n) is 1.61. The Balaban J connectivity index is 2.85. The van der Waals surface area contributed by atoms with Gasteiger partial charge in [0, 0.05) is 0 Å². The summed E-state index contributed by atoms with van der Waals surface area (Å²) in [5, 5.41) is 9.04. The van der Waals surface area contributed by atoms with E-state index in [9.17, 15) is 0 Å². The highest BCUT2D eigenvalue weighted by molar-refractivity contribution is 7.80. The van der Waals surface area contributed by atoms with Gasteiger partial charge in [0.05, 0.1) is 6.10 Å². The maximum Gasteiger partial charge on any atom is 0.0512 e. The Labute approximate surface area is 94.7 Å². The van der Waals surface area contributed by atoms with E-state index in [-0.39, 0.29) is 6.10 Å². The van der Waals surface area contributed by atoms with Crippen LogP contribution < -0.4 is 0 Å². The summed E-state index contributed by atoms with van der Waals surface area (Å²) in [6.07, 6.45) is 11.4. The van der Waals surface area contributed by atoms with Gasteiger partial charge in [-0.1, -0.05) is 44.9 Å². The fraction of sp³-hybridized carbons (Fsp3) is 1.00. The van der Waals surface area contributed by atoms with Crippen molar-refractivity contribution in [3.8, 4) is 0 Å². The second kappa shape index (κ2) is 11.4. The van der Waals surface area contributed by atoms with Gasteiger partial charge in [-0.2, -0.15) is 12.6 Å². The van der Waals surface area contributed by atoms with Gasteiger partial charge in [-0.3, -0.25) is 0 Å². The number of hydrogen-bond acceptors (Lipinski definition) is 2. The minimum Gasteiger partial charge on any atom is -0.393 e. The SMILES string of the molecule is CC(O)CCCCCCCCCCS. The molecule has 0 rings (SSSR count). The molecular weight excluding hydrogens is 192 g/mol. The molecule has 0 bridgehead atoms. The Morgan fingerprint density at radius 1 is 0.857 bits per heavy atom. The van der Waals surface area contributed by atoms with E-state index in [2.05, 4.69) is 12.6 Å². The molecule has 0 saturated carbocycles. The van der Waals surface area contributed by atoms with E-state index in [4.69, 9.17) is 5.11 Å². The Morgan fingerprint density at radius 2 is 1.29 bits per heavy atom. The monoisotopic (exact) mass is 218 g/mol. The van der Waals surface area contributed by atoms with Crippen LogP contribution in [0.1, 0.15) is 64.7 Å². The van der Waals surface area contributed by atoms with E-state index in [0.717, 1.165) is 12.2 Å². The second-order valence-electron chi connectivity index (χ2n) is 4.19. The summed E-state index contributed by atoms with van der Waals surface area (Å²) in [5.41, 5.74) is 0. The summed E-state index contributed by atoms with van der Waals surface area (Å²) in [7, 11) is 0. The molecule has 0 aliphatic heterocycles. The Hall–Kier alpha value is 0.310.